The molecule has 0 bridgehead atoms. The monoisotopic (exact) mass is 220 g/mol. The summed E-state index contributed by atoms with van der Waals surface area (Å²) in [6.45, 7) is 5.96. The molecule has 0 saturated carbocycles. The Morgan fingerprint density at radius 2 is 2.25 bits per heavy atom. The smallest absolute Gasteiger partial charge is 0.332 e. The summed E-state index contributed by atoms with van der Waals surface area (Å²) in [5.41, 5.74) is 8.86. The van der Waals surface area contributed by atoms with Gasteiger partial charge in [0, 0.05) is 29.2 Å². The molecule has 0 atom stereocenters. The highest BCUT2D eigenvalue weighted by molar-refractivity contribution is 5.90. The molecule has 0 saturated heterocycles. The van der Waals surface area contributed by atoms with E-state index in [1.807, 2.05) is 19.9 Å². The van der Waals surface area contributed by atoms with Crippen molar-refractivity contribution in [3.8, 4) is 0 Å². The van der Waals surface area contributed by atoms with Gasteiger partial charge >= 0.3 is 5.97 Å². The zero-order valence-corrected chi connectivity index (χ0v) is 9.78. The summed E-state index contributed by atoms with van der Waals surface area (Å²) in [7, 11) is 0. The molecule has 4 nitrogen and oxygen atoms in total. The zero-order valence-electron chi connectivity index (χ0n) is 9.78. The fourth-order valence-electron chi connectivity index (χ4n) is 1.20. The molecule has 16 heavy (non-hydrogen) atoms. The maximum Gasteiger partial charge on any atom is 0.332 e. The number of carbonyl (C=O) groups excluding carboxylic acids is 1. The molecule has 0 unspecified atom stereocenters. The summed E-state index contributed by atoms with van der Waals surface area (Å²) >= 11 is 0. The number of ether oxygens (including phenoxy) is 1. The lowest BCUT2D eigenvalue weighted by Crippen LogP contribution is -2.06. The SMILES string of the molecule is CCOC(=O)/C=C(\N)c1cnc(C)c(C)c1. The maximum absolute atomic E-state index is 11.2. The topological polar surface area (TPSA) is 65.2 Å². The Morgan fingerprint density at radius 3 is 2.81 bits per heavy atom. The Hall–Kier alpha value is -1.84. The van der Waals surface area contributed by atoms with Gasteiger partial charge < -0.3 is 10.5 Å². The lowest BCUT2D eigenvalue weighted by molar-refractivity contribution is -0.137. The molecule has 0 aliphatic carbocycles. The molecular formula is C12H16N2O2. The van der Waals surface area contributed by atoms with Crippen LogP contribution >= 0.6 is 0 Å². The first kappa shape index (κ1) is 12.2. The number of carbonyl (C=O) groups is 1. The largest absolute Gasteiger partial charge is 0.463 e. The second-order valence-corrected chi connectivity index (χ2v) is 3.48. The van der Waals surface area contributed by atoms with Gasteiger partial charge in [-0.25, -0.2) is 4.79 Å². The summed E-state index contributed by atoms with van der Waals surface area (Å²) in [5.74, 6) is -0.432. The number of nitrogens with two attached hydrogens (primary N) is 1. The number of esters is 1. The molecule has 1 aromatic heterocycles. The van der Waals surface area contributed by atoms with E-state index < -0.39 is 5.97 Å². The van der Waals surface area contributed by atoms with Crippen molar-refractivity contribution in [3.63, 3.8) is 0 Å². The fraction of sp³-hybridized carbons (Fsp3) is 0.333. The average Bonchev–Trinajstić information content (AvgIpc) is 2.22. The lowest BCUT2D eigenvalue weighted by Gasteiger charge is -2.04. The van der Waals surface area contributed by atoms with Crippen LogP contribution < -0.4 is 5.73 Å². The summed E-state index contributed by atoms with van der Waals surface area (Å²) in [5, 5.41) is 0. The van der Waals surface area contributed by atoms with Gasteiger partial charge in [-0.15, -0.1) is 0 Å². The standard InChI is InChI=1S/C12H16N2O2/c1-4-16-12(15)6-11(13)10-5-8(2)9(3)14-7-10/h5-7H,4,13H2,1-3H3/b11-6-. The lowest BCUT2D eigenvalue weighted by atomic mass is 10.1. The van der Waals surface area contributed by atoms with Gasteiger partial charge in [0.2, 0.25) is 0 Å². The second-order valence-electron chi connectivity index (χ2n) is 3.48. The third kappa shape index (κ3) is 3.08. The number of nitrogens with zero attached hydrogens (tertiary/aromatic N) is 1. The van der Waals surface area contributed by atoms with Crippen LogP contribution in [0, 0.1) is 13.8 Å². The molecule has 4 heteroatoms. The van der Waals surface area contributed by atoms with E-state index in [2.05, 4.69) is 4.98 Å². The van der Waals surface area contributed by atoms with Gasteiger partial charge in [-0.3, -0.25) is 4.98 Å². The van der Waals surface area contributed by atoms with Gasteiger partial charge in [-0.05, 0) is 32.4 Å². The Bertz CT molecular complexity index is 425. The van der Waals surface area contributed by atoms with Gasteiger partial charge in [0.25, 0.3) is 0 Å². The molecule has 1 rings (SSSR count). The summed E-state index contributed by atoms with van der Waals surface area (Å²) in [6, 6.07) is 1.90. The minimum atomic E-state index is -0.432. The van der Waals surface area contributed by atoms with Crippen molar-refractivity contribution in [3.05, 3.63) is 35.2 Å². The van der Waals surface area contributed by atoms with E-state index in [4.69, 9.17) is 10.5 Å². The molecule has 0 fully saturated rings. The van der Waals surface area contributed by atoms with Crippen LogP contribution in [0.5, 0.6) is 0 Å². The molecule has 0 aliphatic heterocycles. The van der Waals surface area contributed by atoms with E-state index in [0.717, 1.165) is 16.8 Å². The molecule has 0 spiro atoms. The molecular weight excluding hydrogens is 204 g/mol. The normalized spacial score (nSPS) is 11.3. The van der Waals surface area contributed by atoms with E-state index in [9.17, 15) is 4.79 Å². The first-order chi connectivity index (χ1) is 7.54. The van der Waals surface area contributed by atoms with E-state index in [-0.39, 0.29) is 0 Å². The molecule has 0 amide bonds. The van der Waals surface area contributed by atoms with Crippen LogP contribution in [0.3, 0.4) is 0 Å². The Morgan fingerprint density at radius 1 is 1.56 bits per heavy atom. The van der Waals surface area contributed by atoms with Crippen molar-refractivity contribution >= 4 is 11.7 Å². The van der Waals surface area contributed by atoms with Gasteiger partial charge in [-0.1, -0.05) is 0 Å². The number of hydrogen-bond donors (Lipinski definition) is 1. The van der Waals surface area contributed by atoms with Gasteiger partial charge in [0.05, 0.1) is 6.61 Å². The second kappa shape index (κ2) is 5.30. The molecule has 86 valence electrons. The van der Waals surface area contributed by atoms with Crippen molar-refractivity contribution in [2.75, 3.05) is 6.61 Å². The number of pyridine rings is 1. The van der Waals surface area contributed by atoms with Crippen molar-refractivity contribution in [2.45, 2.75) is 20.8 Å². The molecule has 1 aromatic rings. The van der Waals surface area contributed by atoms with Crippen molar-refractivity contribution in [2.24, 2.45) is 5.73 Å². The third-order valence-corrected chi connectivity index (χ3v) is 2.23. The van der Waals surface area contributed by atoms with Crippen LogP contribution in [-0.2, 0) is 9.53 Å². The molecule has 0 aliphatic rings. The van der Waals surface area contributed by atoms with E-state index in [0.29, 0.717) is 12.3 Å². The van der Waals surface area contributed by atoms with Gasteiger partial charge in [0.15, 0.2) is 0 Å². The van der Waals surface area contributed by atoms with E-state index in [1.165, 1.54) is 6.08 Å². The van der Waals surface area contributed by atoms with Crippen LogP contribution in [0.15, 0.2) is 18.3 Å². The summed E-state index contributed by atoms with van der Waals surface area (Å²) < 4.78 is 4.77. The van der Waals surface area contributed by atoms with E-state index in [1.54, 1.807) is 13.1 Å². The number of rotatable bonds is 3. The van der Waals surface area contributed by atoms with Crippen LogP contribution in [0.1, 0.15) is 23.7 Å². The Labute approximate surface area is 95.1 Å². The number of aryl methyl sites for hydroxylation is 2. The van der Waals surface area contributed by atoms with Gasteiger partial charge in [-0.2, -0.15) is 0 Å². The highest BCUT2D eigenvalue weighted by Crippen LogP contribution is 2.12. The van der Waals surface area contributed by atoms with Crippen molar-refractivity contribution in [1.29, 1.82) is 0 Å². The van der Waals surface area contributed by atoms with Crippen LogP contribution in [0.25, 0.3) is 5.70 Å². The summed E-state index contributed by atoms with van der Waals surface area (Å²) in [6.07, 6.45) is 2.92. The molecule has 0 aromatic carbocycles. The van der Waals surface area contributed by atoms with Crippen molar-refractivity contribution in [1.82, 2.24) is 4.98 Å². The molecule has 2 N–H and O–H groups in total. The summed E-state index contributed by atoms with van der Waals surface area (Å²) in [4.78, 5) is 15.4. The molecule has 1 heterocycles. The minimum Gasteiger partial charge on any atom is -0.463 e. The first-order valence-corrected chi connectivity index (χ1v) is 5.12. The predicted molar refractivity (Wildman–Crippen MR) is 62.5 cm³/mol. The van der Waals surface area contributed by atoms with Crippen LogP contribution in [0.4, 0.5) is 0 Å². The molecule has 0 radical (unpaired) electrons. The maximum atomic E-state index is 11.2. The Balaban J connectivity index is 2.91. The third-order valence-electron chi connectivity index (χ3n) is 2.23. The van der Waals surface area contributed by atoms with Crippen LogP contribution in [-0.4, -0.2) is 17.6 Å². The van der Waals surface area contributed by atoms with Gasteiger partial charge in [0.1, 0.15) is 0 Å². The zero-order chi connectivity index (χ0) is 12.1. The predicted octanol–water partition coefficient (Wildman–Crippen LogP) is 1.56. The highest BCUT2D eigenvalue weighted by Gasteiger charge is 2.03. The van der Waals surface area contributed by atoms with Crippen molar-refractivity contribution < 1.29 is 9.53 Å². The average molecular weight is 220 g/mol. The van der Waals surface area contributed by atoms with E-state index >= 15 is 0 Å². The Kier molecular flexibility index (Phi) is 4.05. The van der Waals surface area contributed by atoms with Crippen LogP contribution in [0.2, 0.25) is 0 Å². The first-order valence-electron chi connectivity index (χ1n) is 5.12. The quantitative estimate of drug-likeness (QED) is 0.620. The number of hydrogen-bond acceptors (Lipinski definition) is 4. The fourth-order valence-corrected chi connectivity index (χ4v) is 1.20. The number of aromatic nitrogens is 1. The minimum absolute atomic E-state index is 0.341. The highest BCUT2D eigenvalue weighted by atomic mass is 16.5.